The van der Waals surface area contributed by atoms with E-state index in [-0.39, 0.29) is 42.0 Å². The molecule has 230 valence electrons. The standard InChI is InChI=1S/C32H51N3O6/c1-24(6-13-28-21-32(23-39-32)22-31(3,4)41-28)5-8-26-9-11-27(12-10-26)33-29(37)14-7-25(2)40-30(38)35-17-15-34(16-18-35)19-20-36/h5-7,13-14,25-28,36H,8-12,15-23H2,1-4H3,(H,33,37)/b13-6+,14-7-,24-5+/t25-,26-,27+,28+,32+/m0/s1. The van der Waals surface area contributed by atoms with Crippen molar-refractivity contribution < 1.29 is 28.9 Å². The van der Waals surface area contributed by atoms with E-state index in [4.69, 9.17) is 19.3 Å². The SMILES string of the molecule is CC(/C=C/[C@@H]1C[C@]2(CO2)CC(C)(C)O1)=C\C[C@H]1CC[C@@H](NC(=O)/C=C\[C@H](C)OC(=O)N2CCN(CCO)CC2)CC1. The Bertz CT molecular complexity index is 966. The molecule has 1 saturated carbocycles. The number of β-amino-alcohol motifs (C(OH)–C–C–N with tert-alkyl or cyclic N) is 1. The fourth-order valence-corrected chi connectivity index (χ4v) is 6.40. The van der Waals surface area contributed by atoms with Crippen LogP contribution >= 0.6 is 0 Å². The van der Waals surface area contributed by atoms with E-state index in [0.29, 0.717) is 25.6 Å². The lowest BCUT2D eigenvalue weighted by Crippen LogP contribution is -2.49. The van der Waals surface area contributed by atoms with E-state index < -0.39 is 6.10 Å². The molecule has 0 bridgehead atoms. The second kappa shape index (κ2) is 14.3. The molecule has 0 aromatic heterocycles. The van der Waals surface area contributed by atoms with E-state index >= 15 is 0 Å². The summed E-state index contributed by atoms with van der Waals surface area (Å²) in [5.41, 5.74) is 1.16. The maximum Gasteiger partial charge on any atom is 0.410 e. The number of hydrogen-bond acceptors (Lipinski definition) is 7. The maximum absolute atomic E-state index is 12.5. The summed E-state index contributed by atoms with van der Waals surface area (Å²) >= 11 is 0. The number of carbonyl (C=O) groups is 2. The molecule has 41 heavy (non-hydrogen) atoms. The number of aliphatic hydroxyl groups excluding tert-OH is 1. The van der Waals surface area contributed by atoms with Gasteiger partial charge in [-0.1, -0.05) is 23.8 Å². The van der Waals surface area contributed by atoms with Gasteiger partial charge in [-0.3, -0.25) is 9.69 Å². The Hall–Kier alpha value is -2.20. The first-order chi connectivity index (χ1) is 19.5. The highest BCUT2D eigenvalue weighted by atomic mass is 16.6. The number of nitrogens with zero attached hydrogens (tertiary/aromatic N) is 2. The number of ether oxygens (including phenoxy) is 3. The third-order valence-corrected chi connectivity index (χ3v) is 8.74. The molecule has 0 unspecified atom stereocenters. The van der Waals surface area contributed by atoms with E-state index in [9.17, 15) is 9.59 Å². The summed E-state index contributed by atoms with van der Waals surface area (Å²) in [6.07, 6.45) is 16.2. The first-order valence-corrected chi connectivity index (χ1v) is 15.5. The molecule has 3 saturated heterocycles. The van der Waals surface area contributed by atoms with Crippen LogP contribution in [0.15, 0.2) is 36.0 Å². The highest BCUT2D eigenvalue weighted by Gasteiger charge is 2.53. The van der Waals surface area contributed by atoms with Crippen molar-refractivity contribution in [2.75, 3.05) is 45.9 Å². The summed E-state index contributed by atoms with van der Waals surface area (Å²) in [5.74, 6) is 0.501. The summed E-state index contributed by atoms with van der Waals surface area (Å²) in [6.45, 7) is 12.4. The minimum Gasteiger partial charge on any atom is -0.442 e. The second-order valence-electron chi connectivity index (χ2n) is 13.0. The van der Waals surface area contributed by atoms with Gasteiger partial charge in [-0.25, -0.2) is 4.79 Å². The van der Waals surface area contributed by atoms with Crippen molar-refractivity contribution in [1.82, 2.24) is 15.1 Å². The predicted octanol–water partition coefficient (Wildman–Crippen LogP) is 3.97. The molecule has 3 aliphatic heterocycles. The Morgan fingerprint density at radius 2 is 1.83 bits per heavy atom. The molecule has 2 amide bonds. The normalized spacial score (nSPS) is 31.5. The summed E-state index contributed by atoms with van der Waals surface area (Å²) in [7, 11) is 0. The molecule has 0 radical (unpaired) electrons. The van der Waals surface area contributed by atoms with Crippen LogP contribution in [0.2, 0.25) is 0 Å². The Labute approximate surface area is 245 Å². The number of nitrogens with one attached hydrogen (secondary N) is 1. The highest BCUT2D eigenvalue weighted by Crippen LogP contribution is 2.46. The second-order valence-corrected chi connectivity index (χ2v) is 13.0. The van der Waals surface area contributed by atoms with Gasteiger partial charge in [0.25, 0.3) is 0 Å². The van der Waals surface area contributed by atoms with Crippen LogP contribution in [0.25, 0.3) is 0 Å². The molecule has 3 atom stereocenters. The molecule has 1 spiro atoms. The van der Waals surface area contributed by atoms with E-state index in [1.807, 2.05) is 0 Å². The molecule has 9 nitrogen and oxygen atoms in total. The number of piperazine rings is 1. The number of hydrogen-bond donors (Lipinski definition) is 2. The van der Waals surface area contributed by atoms with Crippen molar-refractivity contribution in [3.63, 3.8) is 0 Å². The Morgan fingerprint density at radius 3 is 2.49 bits per heavy atom. The van der Waals surface area contributed by atoms with Crippen LogP contribution in [0, 0.1) is 5.92 Å². The van der Waals surface area contributed by atoms with E-state index in [2.05, 4.69) is 49.2 Å². The smallest absolute Gasteiger partial charge is 0.410 e. The van der Waals surface area contributed by atoms with Crippen molar-refractivity contribution in [2.45, 2.75) is 102 Å². The Balaban J connectivity index is 1.10. The number of epoxide rings is 1. The maximum atomic E-state index is 12.5. The van der Waals surface area contributed by atoms with Crippen molar-refractivity contribution in [3.05, 3.63) is 36.0 Å². The highest BCUT2D eigenvalue weighted by molar-refractivity contribution is 5.87. The third kappa shape index (κ3) is 10.2. The van der Waals surface area contributed by atoms with Crippen LogP contribution < -0.4 is 5.32 Å². The van der Waals surface area contributed by atoms with Crippen molar-refractivity contribution in [1.29, 1.82) is 0 Å². The van der Waals surface area contributed by atoms with Crippen LogP contribution in [0.5, 0.6) is 0 Å². The summed E-state index contributed by atoms with van der Waals surface area (Å²) < 4.78 is 17.5. The lowest BCUT2D eigenvalue weighted by atomic mass is 9.83. The fourth-order valence-electron chi connectivity index (χ4n) is 6.40. The van der Waals surface area contributed by atoms with Gasteiger partial charge in [-0.2, -0.15) is 0 Å². The molecule has 0 aromatic rings. The molecular weight excluding hydrogens is 522 g/mol. The predicted molar refractivity (Wildman–Crippen MR) is 158 cm³/mol. The van der Waals surface area contributed by atoms with Crippen LogP contribution in [0.1, 0.15) is 72.6 Å². The number of rotatable bonds is 10. The zero-order valence-corrected chi connectivity index (χ0v) is 25.5. The third-order valence-electron chi connectivity index (χ3n) is 8.74. The van der Waals surface area contributed by atoms with E-state index in [1.54, 1.807) is 17.9 Å². The molecule has 3 heterocycles. The average molecular weight is 574 g/mol. The van der Waals surface area contributed by atoms with Gasteiger partial charge in [0, 0.05) is 57.7 Å². The first-order valence-electron chi connectivity index (χ1n) is 15.5. The topological polar surface area (TPSA) is 104 Å². The number of amides is 2. The zero-order chi connectivity index (χ0) is 29.5. The van der Waals surface area contributed by atoms with Crippen LogP contribution in [-0.4, -0.2) is 102 Å². The lowest BCUT2D eigenvalue weighted by Gasteiger charge is -2.38. The Kier molecular flexibility index (Phi) is 11.1. The summed E-state index contributed by atoms with van der Waals surface area (Å²) in [4.78, 5) is 28.7. The molecule has 1 aliphatic carbocycles. The zero-order valence-electron chi connectivity index (χ0n) is 25.5. The van der Waals surface area contributed by atoms with Gasteiger partial charge in [0.2, 0.25) is 5.91 Å². The molecule has 4 aliphatic rings. The monoisotopic (exact) mass is 573 g/mol. The van der Waals surface area contributed by atoms with Gasteiger partial charge in [0.05, 0.1) is 30.5 Å². The summed E-state index contributed by atoms with van der Waals surface area (Å²) in [6, 6.07) is 0.185. The van der Waals surface area contributed by atoms with Crippen LogP contribution in [-0.2, 0) is 19.0 Å². The van der Waals surface area contributed by atoms with Crippen molar-refractivity contribution in [3.8, 4) is 0 Å². The minimum absolute atomic E-state index is 0.0429. The lowest BCUT2D eigenvalue weighted by molar-refractivity contribution is -0.117. The fraction of sp³-hybridized carbons (Fsp3) is 0.750. The van der Waals surface area contributed by atoms with Crippen LogP contribution in [0.4, 0.5) is 4.79 Å². The molecule has 2 N–H and O–H groups in total. The van der Waals surface area contributed by atoms with Crippen molar-refractivity contribution in [2.24, 2.45) is 5.92 Å². The number of allylic oxidation sites excluding steroid dienone is 3. The van der Waals surface area contributed by atoms with Gasteiger partial charge in [0.1, 0.15) is 6.10 Å². The average Bonchev–Trinajstić information content (AvgIpc) is 3.67. The van der Waals surface area contributed by atoms with E-state index in [0.717, 1.165) is 64.6 Å². The first kappa shape index (κ1) is 31.7. The Morgan fingerprint density at radius 1 is 1.12 bits per heavy atom. The number of aliphatic hydroxyl groups is 1. The molecule has 4 fully saturated rings. The molecular formula is C32H51N3O6. The van der Waals surface area contributed by atoms with Crippen LogP contribution in [0.3, 0.4) is 0 Å². The quantitative estimate of drug-likeness (QED) is 0.232. The van der Waals surface area contributed by atoms with Gasteiger partial charge in [-0.15, -0.1) is 0 Å². The molecule has 4 rings (SSSR count). The minimum atomic E-state index is -0.483. The largest absolute Gasteiger partial charge is 0.442 e. The van der Waals surface area contributed by atoms with E-state index in [1.165, 1.54) is 11.6 Å². The van der Waals surface area contributed by atoms with Gasteiger partial charge in [-0.05, 0) is 71.8 Å². The van der Waals surface area contributed by atoms with Gasteiger partial charge in [0.15, 0.2) is 0 Å². The summed E-state index contributed by atoms with van der Waals surface area (Å²) in [5, 5.41) is 12.2. The molecule has 0 aromatic carbocycles. The molecule has 9 heteroatoms. The van der Waals surface area contributed by atoms with Gasteiger partial charge < -0.3 is 29.5 Å². The van der Waals surface area contributed by atoms with Gasteiger partial charge >= 0.3 is 6.09 Å². The van der Waals surface area contributed by atoms with Crippen molar-refractivity contribution >= 4 is 12.0 Å². The number of carbonyl (C=O) groups excluding carboxylic acids is 2.